The van der Waals surface area contributed by atoms with E-state index in [0.29, 0.717) is 6.42 Å². The molecule has 0 heterocycles. The molecule has 18 heavy (non-hydrogen) atoms. The van der Waals surface area contributed by atoms with Gasteiger partial charge in [0, 0.05) is 9.99 Å². The Labute approximate surface area is 119 Å². The van der Waals surface area contributed by atoms with E-state index in [0.717, 1.165) is 9.13 Å². The zero-order valence-electron chi connectivity index (χ0n) is 9.85. The second-order valence-corrected chi connectivity index (χ2v) is 4.88. The van der Waals surface area contributed by atoms with Crippen molar-refractivity contribution in [2.75, 3.05) is 13.7 Å². The summed E-state index contributed by atoms with van der Waals surface area (Å²) in [7, 11) is 1.26. The molecule has 0 unspecified atom stereocenters. The van der Waals surface area contributed by atoms with Gasteiger partial charge in [0.25, 0.3) is 0 Å². The Kier molecular flexibility index (Phi) is 6.06. The fourth-order valence-electron chi connectivity index (χ4n) is 1.48. The van der Waals surface area contributed by atoms with Gasteiger partial charge in [-0.3, -0.25) is 4.79 Å². The van der Waals surface area contributed by atoms with E-state index in [2.05, 4.69) is 32.6 Å². The smallest absolute Gasteiger partial charge is 0.328 e. The third-order valence-corrected chi connectivity index (χ3v) is 2.96. The number of aliphatic hydroxyl groups is 1. The first kappa shape index (κ1) is 14.9. The van der Waals surface area contributed by atoms with Crippen molar-refractivity contribution in [1.82, 2.24) is 5.32 Å². The van der Waals surface area contributed by atoms with Crippen LogP contribution in [0, 0.1) is 3.57 Å². The summed E-state index contributed by atoms with van der Waals surface area (Å²) in [5.41, 5.74) is 0.913. The van der Waals surface area contributed by atoms with Crippen LogP contribution in [-0.4, -0.2) is 36.7 Å². The Bertz CT molecular complexity index is 436. The Balaban J connectivity index is 2.78. The van der Waals surface area contributed by atoms with Crippen molar-refractivity contribution < 1.29 is 19.4 Å². The van der Waals surface area contributed by atoms with Crippen LogP contribution in [0.1, 0.15) is 5.56 Å². The second kappa shape index (κ2) is 7.32. The lowest BCUT2D eigenvalue weighted by atomic mass is 10.1. The molecule has 6 heteroatoms. The van der Waals surface area contributed by atoms with Crippen LogP contribution >= 0.6 is 22.6 Å². The summed E-state index contributed by atoms with van der Waals surface area (Å²) in [5, 5.41) is 11.1. The van der Waals surface area contributed by atoms with E-state index in [9.17, 15) is 9.59 Å². The molecule has 0 aliphatic heterocycles. The summed E-state index contributed by atoms with van der Waals surface area (Å²) in [6.07, 6.45) is 0.329. The Morgan fingerprint density at radius 3 is 2.78 bits per heavy atom. The number of methoxy groups -OCH3 is 1. The van der Waals surface area contributed by atoms with Gasteiger partial charge in [-0.2, -0.15) is 0 Å². The van der Waals surface area contributed by atoms with Crippen LogP contribution in [0.25, 0.3) is 0 Å². The number of hydrogen-bond donors (Lipinski definition) is 2. The van der Waals surface area contributed by atoms with Crippen molar-refractivity contribution in [2.45, 2.75) is 12.5 Å². The van der Waals surface area contributed by atoms with Gasteiger partial charge in [0.15, 0.2) is 0 Å². The predicted octanol–water partition coefficient (Wildman–Crippen LogP) is 0.484. The minimum absolute atomic E-state index is 0.329. The van der Waals surface area contributed by atoms with Crippen LogP contribution in [0.15, 0.2) is 24.3 Å². The first-order valence-electron chi connectivity index (χ1n) is 5.29. The highest BCUT2D eigenvalue weighted by Gasteiger charge is 2.21. The topological polar surface area (TPSA) is 75.6 Å². The molecule has 0 bridgehead atoms. The molecule has 0 radical (unpaired) electrons. The van der Waals surface area contributed by atoms with E-state index in [-0.39, 0.29) is 0 Å². The largest absolute Gasteiger partial charge is 0.467 e. The van der Waals surface area contributed by atoms with Gasteiger partial charge in [-0.15, -0.1) is 0 Å². The van der Waals surface area contributed by atoms with Gasteiger partial charge >= 0.3 is 5.97 Å². The minimum Gasteiger partial charge on any atom is -0.467 e. The van der Waals surface area contributed by atoms with Gasteiger partial charge in [-0.25, -0.2) is 4.79 Å². The second-order valence-electron chi connectivity index (χ2n) is 3.64. The van der Waals surface area contributed by atoms with Gasteiger partial charge in [0.1, 0.15) is 12.6 Å². The monoisotopic (exact) mass is 363 g/mol. The minimum atomic E-state index is -0.784. The maximum Gasteiger partial charge on any atom is 0.328 e. The lowest BCUT2D eigenvalue weighted by Crippen LogP contribution is -2.44. The number of halogens is 1. The number of benzene rings is 1. The number of aliphatic hydroxyl groups excluding tert-OH is 1. The van der Waals surface area contributed by atoms with Crippen molar-refractivity contribution >= 4 is 34.5 Å². The van der Waals surface area contributed by atoms with E-state index in [4.69, 9.17) is 5.11 Å². The van der Waals surface area contributed by atoms with Gasteiger partial charge in [-0.05, 0) is 40.3 Å². The quantitative estimate of drug-likeness (QED) is 0.590. The van der Waals surface area contributed by atoms with E-state index in [1.807, 2.05) is 24.3 Å². The van der Waals surface area contributed by atoms with Crippen LogP contribution in [0.2, 0.25) is 0 Å². The van der Waals surface area contributed by atoms with Gasteiger partial charge < -0.3 is 15.2 Å². The number of hydrogen-bond acceptors (Lipinski definition) is 4. The fraction of sp³-hybridized carbons (Fsp3) is 0.333. The molecule has 0 spiro atoms. The van der Waals surface area contributed by atoms with E-state index in [1.165, 1.54) is 7.11 Å². The lowest BCUT2D eigenvalue weighted by molar-refractivity contribution is -0.145. The van der Waals surface area contributed by atoms with Gasteiger partial charge in [0.05, 0.1) is 7.11 Å². The normalized spacial score (nSPS) is 11.7. The molecule has 1 atom stereocenters. The summed E-state index contributed by atoms with van der Waals surface area (Å²) in [6, 6.07) is 6.81. The number of nitrogens with one attached hydrogen (secondary N) is 1. The maximum absolute atomic E-state index is 11.5. The molecule has 5 nitrogen and oxygen atoms in total. The van der Waals surface area contributed by atoms with Crippen LogP contribution in [0.5, 0.6) is 0 Å². The molecule has 0 saturated heterocycles. The highest BCUT2D eigenvalue weighted by atomic mass is 127. The Hall–Kier alpha value is -1.15. The zero-order chi connectivity index (χ0) is 13.5. The van der Waals surface area contributed by atoms with Crippen molar-refractivity contribution in [3.8, 4) is 0 Å². The molecule has 1 aromatic carbocycles. The van der Waals surface area contributed by atoms with Crippen LogP contribution in [0.4, 0.5) is 0 Å². The maximum atomic E-state index is 11.5. The summed E-state index contributed by atoms with van der Waals surface area (Å²) >= 11 is 2.17. The Morgan fingerprint density at radius 2 is 2.22 bits per heavy atom. The number of ether oxygens (including phenoxy) is 1. The summed E-state index contributed by atoms with van der Waals surface area (Å²) < 4.78 is 5.67. The lowest BCUT2D eigenvalue weighted by Gasteiger charge is -2.16. The first-order valence-corrected chi connectivity index (χ1v) is 6.37. The summed E-state index contributed by atoms with van der Waals surface area (Å²) in [6.45, 7) is -0.653. The van der Waals surface area contributed by atoms with Crippen molar-refractivity contribution in [2.24, 2.45) is 0 Å². The molecule has 0 aromatic heterocycles. The first-order chi connectivity index (χ1) is 8.56. The molecule has 1 amide bonds. The van der Waals surface area contributed by atoms with Crippen LogP contribution in [0.3, 0.4) is 0 Å². The van der Waals surface area contributed by atoms with E-state index >= 15 is 0 Å². The van der Waals surface area contributed by atoms with Gasteiger partial charge in [-0.1, -0.05) is 12.1 Å². The highest BCUT2D eigenvalue weighted by Crippen LogP contribution is 2.10. The number of carbonyl (C=O) groups excluding carboxylic acids is 2. The van der Waals surface area contributed by atoms with E-state index in [1.54, 1.807) is 0 Å². The average Bonchev–Trinajstić information content (AvgIpc) is 2.36. The number of carbonyl (C=O) groups is 2. The van der Waals surface area contributed by atoms with Crippen molar-refractivity contribution in [1.29, 1.82) is 0 Å². The van der Waals surface area contributed by atoms with Crippen molar-refractivity contribution in [3.05, 3.63) is 33.4 Å². The third kappa shape index (κ3) is 4.61. The number of rotatable bonds is 5. The number of esters is 1. The third-order valence-electron chi connectivity index (χ3n) is 2.29. The van der Waals surface area contributed by atoms with Crippen LogP contribution in [-0.2, 0) is 20.7 Å². The molecule has 98 valence electrons. The van der Waals surface area contributed by atoms with Gasteiger partial charge in [0.2, 0.25) is 5.91 Å². The molecule has 0 aliphatic rings. The highest BCUT2D eigenvalue weighted by molar-refractivity contribution is 14.1. The molecule has 0 saturated carbocycles. The molecule has 0 fully saturated rings. The zero-order valence-corrected chi connectivity index (χ0v) is 12.0. The summed E-state index contributed by atoms with van der Waals surface area (Å²) in [5.74, 6) is -1.13. The fourth-order valence-corrected chi connectivity index (χ4v) is 2.08. The molecule has 2 N–H and O–H groups in total. The SMILES string of the molecule is COC(=O)[C@H](Cc1cccc(I)c1)NC(=O)CO. The van der Waals surface area contributed by atoms with Crippen LogP contribution < -0.4 is 5.32 Å². The summed E-state index contributed by atoms with van der Waals surface area (Å²) in [4.78, 5) is 22.7. The molecule has 0 aliphatic carbocycles. The molecular weight excluding hydrogens is 349 g/mol. The average molecular weight is 363 g/mol. The molecular formula is C12H14INO4. The van der Waals surface area contributed by atoms with Crippen molar-refractivity contribution in [3.63, 3.8) is 0 Å². The number of amides is 1. The predicted molar refractivity (Wildman–Crippen MR) is 73.9 cm³/mol. The molecule has 1 rings (SSSR count). The standard InChI is InChI=1S/C12H14INO4/c1-18-12(17)10(14-11(16)7-15)6-8-3-2-4-9(13)5-8/h2-5,10,15H,6-7H2,1H3,(H,14,16)/t10-/m0/s1. The molecule has 1 aromatic rings. The van der Waals surface area contributed by atoms with E-state index < -0.39 is 24.5 Å². The Morgan fingerprint density at radius 1 is 1.50 bits per heavy atom.